The number of amides is 1. The number of piperidine rings is 1. The molecule has 3 rings (SSSR count). The summed E-state index contributed by atoms with van der Waals surface area (Å²) >= 11 is 0. The van der Waals surface area contributed by atoms with Crippen molar-refractivity contribution in [1.29, 1.82) is 0 Å². The van der Waals surface area contributed by atoms with Gasteiger partial charge in [0.25, 0.3) is 0 Å². The van der Waals surface area contributed by atoms with Crippen molar-refractivity contribution in [1.82, 2.24) is 4.90 Å². The average Bonchev–Trinajstić information content (AvgIpc) is 2.58. The summed E-state index contributed by atoms with van der Waals surface area (Å²) in [6.45, 7) is 2.71. The lowest BCUT2D eigenvalue weighted by Gasteiger charge is -2.42. The molecule has 23 heavy (non-hydrogen) atoms. The Morgan fingerprint density at radius 3 is 2.61 bits per heavy atom. The van der Waals surface area contributed by atoms with Crippen LogP contribution in [-0.2, 0) is 20.6 Å². The molecule has 2 saturated heterocycles. The maximum Gasteiger partial charge on any atom is 0.409 e. The fourth-order valence-corrected chi connectivity index (χ4v) is 2.98. The van der Waals surface area contributed by atoms with E-state index in [9.17, 15) is 9.18 Å². The van der Waals surface area contributed by atoms with Gasteiger partial charge in [-0.3, -0.25) is 0 Å². The van der Waals surface area contributed by atoms with Crippen LogP contribution >= 0.6 is 0 Å². The van der Waals surface area contributed by atoms with E-state index in [1.54, 1.807) is 23.1 Å². The second-order valence-corrected chi connectivity index (χ2v) is 5.90. The summed E-state index contributed by atoms with van der Waals surface area (Å²) in [5.74, 6) is -0.780. The maximum absolute atomic E-state index is 13.5. The maximum atomic E-state index is 13.5. The minimum absolute atomic E-state index is 0.175. The lowest BCUT2D eigenvalue weighted by atomic mass is 10.0. The van der Waals surface area contributed by atoms with E-state index in [1.807, 2.05) is 0 Å². The molecule has 2 aliphatic rings. The van der Waals surface area contributed by atoms with E-state index in [2.05, 4.69) is 0 Å². The van der Waals surface area contributed by atoms with Crippen molar-refractivity contribution in [3.8, 4) is 0 Å². The first-order valence-electron chi connectivity index (χ1n) is 8.12. The highest BCUT2D eigenvalue weighted by Gasteiger charge is 2.39. The molecule has 1 aromatic rings. The lowest BCUT2D eigenvalue weighted by Crippen LogP contribution is -2.51. The molecular weight excluding hydrogens is 301 g/mol. The molecule has 1 amide bonds. The van der Waals surface area contributed by atoms with E-state index in [4.69, 9.17) is 14.2 Å². The number of benzene rings is 1. The van der Waals surface area contributed by atoms with Gasteiger partial charge >= 0.3 is 6.09 Å². The minimum Gasteiger partial charge on any atom is -0.449 e. The van der Waals surface area contributed by atoms with Crippen molar-refractivity contribution < 1.29 is 23.4 Å². The molecule has 0 unspecified atom stereocenters. The van der Waals surface area contributed by atoms with Crippen molar-refractivity contribution in [3.05, 3.63) is 35.6 Å². The van der Waals surface area contributed by atoms with Gasteiger partial charge in [-0.15, -0.1) is 0 Å². The van der Waals surface area contributed by atoms with Gasteiger partial charge in [-0.25, -0.2) is 9.18 Å². The third-order valence-corrected chi connectivity index (χ3v) is 4.36. The normalized spacial score (nSPS) is 20.5. The van der Waals surface area contributed by atoms with Gasteiger partial charge in [0.2, 0.25) is 0 Å². The standard InChI is InChI=1S/C17H22FNO4/c18-15-5-2-1-4-14(15)6-13-21-16(20)19-9-7-17(8-10-19)22-11-3-12-23-17/h1-2,4-5H,3,6-13H2. The Balaban J connectivity index is 1.42. The summed E-state index contributed by atoms with van der Waals surface area (Å²) in [5, 5.41) is 0. The Morgan fingerprint density at radius 1 is 1.22 bits per heavy atom. The molecule has 0 atom stereocenters. The Labute approximate surface area is 135 Å². The van der Waals surface area contributed by atoms with Crippen LogP contribution in [-0.4, -0.2) is 49.7 Å². The van der Waals surface area contributed by atoms with Crippen molar-refractivity contribution >= 4 is 6.09 Å². The number of halogens is 1. The molecule has 5 nitrogen and oxygen atoms in total. The fraction of sp³-hybridized carbons (Fsp3) is 0.588. The van der Waals surface area contributed by atoms with Crippen LogP contribution in [0.1, 0.15) is 24.8 Å². The number of carbonyl (C=O) groups is 1. The second-order valence-electron chi connectivity index (χ2n) is 5.90. The lowest BCUT2D eigenvalue weighted by molar-refractivity contribution is -0.282. The topological polar surface area (TPSA) is 48.0 Å². The first-order chi connectivity index (χ1) is 11.2. The number of nitrogens with zero attached hydrogens (tertiary/aromatic N) is 1. The van der Waals surface area contributed by atoms with E-state index in [0.717, 1.165) is 6.42 Å². The van der Waals surface area contributed by atoms with Crippen LogP contribution in [0.2, 0.25) is 0 Å². The second kappa shape index (κ2) is 7.27. The molecule has 126 valence electrons. The Morgan fingerprint density at radius 2 is 1.91 bits per heavy atom. The number of carbonyl (C=O) groups excluding carboxylic acids is 1. The molecule has 2 fully saturated rings. The smallest absolute Gasteiger partial charge is 0.409 e. The van der Waals surface area contributed by atoms with Gasteiger partial charge < -0.3 is 19.1 Å². The molecule has 0 aliphatic carbocycles. The highest BCUT2D eigenvalue weighted by Crippen LogP contribution is 2.30. The van der Waals surface area contributed by atoms with Crippen LogP contribution in [0.4, 0.5) is 9.18 Å². The van der Waals surface area contributed by atoms with Gasteiger partial charge in [0.15, 0.2) is 5.79 Å². The van der Waals surface area contributed by atoms with Gasteiger partial charge in [0.1, 0.15) is 5.82 Å². The van der Waals surface area contributed by atoms with Crippen LogP contribution in [0.25, 0.3) is 0 Å². The third kappa shape index (κ3) is 4.00. The minimum atomic E-state index is -0.512. The molecule has 0 radical (unpaired) electrons. The van der Waals surface area contributed by atoms with E-state index >= 15 is 0 Å². The molecule has 0 bridgehead atoms. The summed E-state index contributed by atoms with van der Waals surface area (Å²) < 4.78 is 30.2. The van der Waals surface area contributed by atoms with Gasteiger partial charge in [0, 0.05) is 32.4 Å². The molecular formula is C17H22FNO4. The summed E-state index contributed by atoms with van der Waals surface area (Å²) in [5.41, 5.74) is 0.557. The zero-order chi connectivity index (χ0) is 16.1. The SMILES string of the molecule is O=C(OCCc1ccccc1F)N1CCC2(CC1)OCCCO2. The zero-order valence-corrected chi connectivity index (χ0v) is 13.1. The Bertz CT molecular complexity index is 535. The first kappa shape index (κ1) is 16.2. The fourth-order valence-electron chi connectivity index (χ4n) is 2.98. The zero-order valence-electron chi connectivity index (χ0n) is 13.1. The molecule has 6 heteroatoms. The average molecular weight is 323 g/mol. The van der Waals surface area contributed by atoms with E-state index in [0.29, 0.717) is 51.1 Å². The number of hydrogen-bond acceptors (Lipinski definition) is 4. The van der Waals surface area contributed by atoms with Crippen LogP contribution in [0.3, 0.4) is 0 Å². The number of likely N-dealkylation sites (tertiary alicyclic amines) is 1. The summed E-state index contributed by atoms with van der Waals surface area (Å²) in [7, 11) is 0. The Kier molecular flexibility index (Phi) is 5.13. The molecule has 0 N–H and O–H groups in total. The quantitative estimate of drug-likeness (QED) is 0.858. The monoisotopic (exact) mass is 323 g/mol. The molecule has 2 aliphatic heterocycles. The molecule has 1 spiro atoms. The van der Waals surface area contributed by atoms with Crippen molar-refractivity contribution in [2.75, 3.05) is 32.9 Å². The van der Waals surface area contributed by atoms with Gasteiger partial charge in [0.05, 0.1) is 19.8 Å². The number of rotatable bonds is 3. The molecule has 0 aromatic heterocycles. The molecule has 2 heterocycles. The van der Waals surface area contributed by atoms with Gasteiger partial charge in [-0.1, -0.05) is 18.2 Å². The number of ether oxygens (including phenoxy) is 3. The van der Waals surface area contributed by atoms with Crippen molar-refractivity contribution in [2.45, 2.75) is 31.5 Å². The Hall–Kier alpha value is -1.66. The van der Waals surface area contributed by atoms with E-state index in [-0.39, 0.29) is 18.5 Å². The van der Waals surface area contributed by atoms with Crippen molar-refractivity contribution in [3.63, 3.8) is 0 Å². The number of hydrogen-bond donors (Lipinski definition) is 0. The predicted octanol–water partition coefficient (Wildman–Crippen LogP) is 2.73. The summed E-state index contributed by atoms with van der Waals surface area (Å²) in [6.07, 6.45) is 2.27. The van der Waals surface area contributed by atoms with E-state index in [1.165, 1.54) is 6.07 Å². The molecule has 1 aromatic carbocycles. The largest absolute Gasteiger partial charge is 0.449 e. The highest BCUT2D eigenvalue weighted by molar-refractivity contribution is 5.67. The highest BCUT2D eigenvalue weighted by atomic mass is 19.1. The van der Waals surface area contributed by atoms with Gasteiger partial charge in [-0.2, -0.15) is 0 Å². The van der Waals surface area contributed by atoms with Crippen molar-refractivity contribution in [2.24, 2.45) is 0 Å². The summed E-state index contributed by atoms with van der Waals surface area (Å²) in [4.78, 5) is 13.7. The van der Waals surface area contributed by atoms with Crippen LogP contribution < -0.4 is 0 Å². The first-order valence-corrected chi connectivity index (χ1v) is 8.12. The predicted molar refractivity (Wildman–Crippen MR) is 81.5 cm³/mol. The van der Waals surface area contributed by atoms with E-state index < -0.39 is 5.79 Å². The molecule has 0 saturated carbocycles. The summed E-state index contributed by atoms with van der Waals surface area (Å²) in [6, 6.07) is 6.52. The van der Waals surface area contributed by atoms with Gasteiger partial charge in [-0.05, 0) is 18.1 Å². The van der Waals surface area contributed by atoms with Crippen LogP contribution in [0.5, 0.6) is 0 Å². The van der Waals surface area contributed by atoms with Crippen LogP contribution in [0, 0.1) is 5.82 Å². The van der Waals surface area contributed by atoms with Crippen LogP contribution in [0.15, 0.2) is 24.3 Å². The third-order valence-electron chi connectivity index (χ3n) is 4.36.